The molecule has 0 aliphatic heterocycles. The SMILES string of the molecule is [B]C1(Oc2ccc(C)cc2Cl)CC(O)C1. The molecule has 0 spiro atoms. The van der Waals surface area contributed by atoms with Crippen LogP contribution in [0.1, 0.15) is 18.4 Å². The minimum atomic E-state index is -0.752. The molecule has 2 rings (SSSR count). The number of aliphatic hydroxyl groups is 1. The lowest BCUT2D eigenvalue weighted by Gasteiger charge is -2.43. The van der Waals surface area contributed by atoms with Gasteiger partial charge in [0.2, 0.25) is 0 Å². The number of aryl methyl sites for hydroxylation is 1. The zero-order valence-electron chi connectivity index (χ0n) is 8.53. The summed E-state index contributed by atoms with van der Waals surface area (Å²) in [6.45, 7) is 1.96. The maximum atomic E-state index is 9.18. The lowest BCUT2D eigenvalue weighted by Crippen LogP contribution is -2.52. The molecule has 2 nitrogen and oxygen atoms in total. The number of benzene rings is 1. The third-order valence-corrected chi connectivity index (χ3v) is 2.86. The summed E-state index contributed by atoms with van der Waals surface area (Å²) >= 11 is 6.01. The zero-order chi connectivity index (χ0) is 11.1. The molecule has 1 aliphatic carbocycles. The van der Waals surface area contributed by atoms with E-state index in [-0.39, 0.29) is 6.10 Å². The maximum Gasteiger partial charge on any atom is 0.137 e. The molecule has 0 atom stereocenters. The van der Waals surface area contributed by atoms with E-state index >= 15 is 0 Å². The molecule has 1 aromatic carbocycles. The van der Waals surface area contributed by atoms with Crippen molar-refractivity contribution in [1.29, 1.82) is 0 Å². The summed E-state index contributed by atoms with van der Waals surface area (Å²) in [4.78, 5) is 0. The van der Waals surface area contributed by atoms with E-state index in [0.29, 0.717) is 23.6 Å². The normalized spacial score (nSPS) is 29.7. The average molecular weight is 222 g/mol. The monoisotopic (exact) mass is 222 g/mol. The summed E-state index contributed by atoms with van der Waals surface area (Å²) in [5.74, 6) is 0.580. The van der Waals surface area contributed by atoms with Crippen molar-refractivity contribution in [3.8, 4) is 5.75 Å². The highest BCUT2D eigenvalue weighted by Gasteiger charge is 2.41. The second kappa shape index (κ2) is 3.73. The molecule has 1 aromatic rings. The van der Waals surface area contributed by atoms with Crippen LogP contribution in [-0.2, 0) is 0 Å². The zero-order valence-corrected chi connectivity index (χ0v) is 9.29. The van der Waals surface area contributed by atoms with Crippen LogP contribution >= 0.6 is 11.6 Å². The van der Waals surface area contributed by atoms with Crippen LogP contribution in [0.3, 0.4) is 0 Å². The van der Waals surface area contributed by atoms with Crippen molar-refractivity contribution in [3.05, 3.63) is 28.8 Å². The van der Waals surface area contributed by atoms with E-state index in [9.17, 15) is 5.11 Å². The first-order chi connectivity index (χ1) is 6.98. The predicted molar refractivity (Wildman–Crippen MR) is 60.5 cm³/mol. The minimum absolute atomic E-state index is 0.348. The topological polar surface area (TPSA) is 29.5 Å². The summed E-state index contributed by atoms with van der Waals surface area (Å²) in [7, 11) is 5.89. The van der Waals surface area contributed by atoms with Gasteiger partial charge in [-0.3, -0.25) is 0 Å². The first-order valence-electron chi connectivity index (χ1n) is 4.91. The van der Waals surface area contributed by atoms with Gasteiger partial charge in [0.1, 0.15) is 13.6 Å². The summed E-state index contributed by atoms with van der Waals surface area (Å²) in [5, 5.41) is 9.74. The molecule has 0 unspecified atom stereocenters. The predicted octanol–water partition coefficient (Wildman–Crippen LogP) is 2.05. The molecule has 0 heterocycles. The fourth-order valence-corrected chi connectivity index (χ4v) is 2.00. The Kier molecular flexibility index (Phi) is 2.69. The van der Waals surface area contributed by atoms with Crippen LogP contribution in [0, 0.1) is 6.92 Å². The van der Waals surface area contributed by atoms with Gasteiger partial charge in [-0.25, -0.2) is 0 Å². The molecule has 4 heteroatoms. The minimum Gasteiger partial charge on any atom is -0.496 e. The van der Waals surface area contributed by atoms with Crippen LogP contribution in [0.4, 0.5) is 0 Å². The first kappa shape index (κ1) is 10.8. The van der Waals surface area contributed by atoms with Gasteiger partial charge in [0, 0.05) is 12.8 Å². The summed E-state index contributed by atoms with van der Waals surface area (Å²) in [6, 6.07) is 5.55. The van der Waals surface area contributed by atoms with Crippen molar-refractivity contribution in [3.63, 3.8) is 0 Å². The molecule has 0 saturated heterocycles. The Morgan fingerprint density at radius 3 is 2.73 bits per heavy atom. The Balaban J connectivity index is 2.11. The molecule has 0 amide bonds. The molecular weight excluding hydrogens is 210 g/mol. The standard InChI is InChI=1S/C11H12BClO2/c1-7-2-3-10(9(13)4-7)15-11(12)5-8(14)6-11/h2-4,8,14H,5-6H2,1H3. The molecule has 78 valence electrons. The van der Waals surface area contributed by atoms with Gasteiger partial charge in [-0.2, -0.15) is 0 Å². The first-order valence-corrected chi connectivity index (χ1v) is 5.28. The Morgan fingerprint density at radius 1 is 1.53 bits per heavy atom. The van der Waals surface area contributed by atoms with Crippen molar-refractivity contribution in [1.82, 2.24) is 0 Å². The van der Waals surface area contributed by atoms with Crippen molar-refractivity contribution in [2.24, 2.45) is 0 Å². The average Bonchev–Trinajstić information content (AvgIpc) is 2.08. The van der Waals surface area contributed by atoms with Crippen LogP contribution in [0.2, 0.25) is 5.02 Å². The molecular formula is C11H12BClO2. The largest absolute Gasteiger partial charge is 0.496 e. The molecule has 1 saturated carbocycles. The Hall–Kier alpha value is -0.665. The van der Waals surface area contributed by atoms with E-state index in [1.54, 1.807) is 6.07 Å². The molecule has 0 aromatic heterocycles. The Bertz CT molecular complexity index is 375. The fourth-order valence-electron chi connectivity index (χ4n) is 1.73. The van der Waals surface area contributed by atoms with E-state index in [2.05, 4.69) is 0 Å². The van der Waals surface area contributed by atoms with Gasteiger partial charge in [0.25, 0.3) is 0 Å². The van der Waals surface area contributed by atoms with Crippen LogP contribution in [0.5, 0.6) is 5.75 Å². The van der Waals surface area contributed by atoms with Crippen LogP contribution in [0.25, 0.3) is 0 Å². The van der Waals surface area contributed by atoms with Gasteiger partial charge in [-0.15, -0.1) is 0 Å². The molecule has 1 fully saturated rings. The highest BCUT2D eigenvalue weighted by molar-refractivity contribution is 6.32. The number of rotatable bonds is 2. The van der Waals surface area contributed by atoms with Gasteiger partial charge < -0.3 is 9.84 Å². The number of ether oxygens (including phenoxy) is 1. The Morgan fingerprint density at radius 2 is 2.20 bits per heavy atom. The number of hydrogen-bond donors (Lipinski definition) is 1. The van der Waals surface area contributed by atoms with Gasteiger partial charge in [0.15, 0.2) is 0 Å². The third kappa shape index (κ3) is 2.29. The summed E-state index contributed by atoms with van der Waals surface area (Å²) in [6.07, 6.45) is 0.563. The lowest BCUT2D eigenvalue weighted by atomic mass is 9.64. The molecule has 0 bridgehead atoms. The van der Waals surface area contributed by atoms with Crippen molar-refractivity contribution < 1.29 is 9.84 Å². The van der Waals surface area contributed by atoms with Crippen molar-refractivity contribution in [2.75, 3.05) is 0 Å². The van der Waals surface area contributed by atoms with Crippen LogP contribution in [-0.4, -0.2) is 24.6 Å². The van der Waals surface area contributed by atoms with E-state index < -0.39 is 5.50 Å². The van der Waals surface area contributed by atoms with Crippen molar-refractivity contribution in [2.45, 2.75) is 31.4 Å². The molecule has 15 heavy (non-hydrogen) atoms. The van der Waals surface area contributed by atoms with Gasteiger partial charge in [0.05, 0.1) is 16.6 Å². The second-order valence-electron chi connectivity index (χ2n) is 4.16. The highest BCUT2D eigenvalue weighted by atomic mass is 35.5. The summed E-state index contributed by atoms with van der Waals surface area (Å²) in [5.41, 5.74) is 0.324. The quantitative estimate of drug-likeness (QED) is 0.776. The number of hydrogen-bond acceptors (Lipinski definition) is 2. The highest BCUT2D eigenvalue weighted by Crippen LogP contribution is 2.37. The fraction of sp³-hybridized carbons (Fsp3) is 0.455. The second-order valence-corrected chi connectivity index (χ2v) is 4.57. The third-order valence-electron chi connectivity index (χ3n) is 2.56. The van der Waals surface area contributed by atoms with Gasteiger partial charge in [-0.1, -0.05) is 17.7 Å². The van der Waals surface area contributed by atoms with E-state index in [0.717, 1.165) is 5.56 Å². The number of halogens is 1. The van der Waals surface area contributed by atoms with Crippen molar-refractivity contribution >= 4 is 19.4 Å². The Labute approximate surface area is 95.6 Å². The van der Waals surface area contributed by atoms with E-state index in [1.165, 1.54) is 0 Å². The van der Waals surface area contributed by atoms with Gasteiger partial charge >= 0.3 is 0 Å². The smallest absolute Gasteiger partial charge is 0.137 e. The molecule has 1 aliphatic rings. The van der Waals surface area contributed by atoms with E-state index in [4.69, 9.17) is 24.2 Å². The van der Waals surface area contributed by atoms with E-state index in [1.807, 2.05) is 19.1 Å². The van der Waals surface area contributed by atoms with Crippen LogP contribution in [0.15, 0.2) is 18.2 Å². The summed E-state index contributed by atoms with van der Waals surface area (Å²) < 4.78 is 5.58. The number of aliphatic hydroxyl groups excluding tert-OH is 1. The maximum absolute atomic E-state index is 9.18. The molecule has 1 N–H and O–H groups in total. The molecule has 2 radical (unpaired) electrons. The van der Waals surface area contributed by atoms with Gasteiger partial charge in [-0.05, 0) is 24.6 Å². The van der Waals surface area contributed by atoms with Crippen LogP contribution < -0.4 is 4.74 Å². The lowest BCUT2D eigenvalue weighted by molar-refractivity contribution is -0.0396.